The molecule has 0 bridgehead atoms. The van der Waals surface area contributed by atoms with Crippen LogP contribution in [0.3, 0.4) is 0 Å². The van der Waals surface area contributed by atoms with Gasteiger partial charge in [-0.05, 0) is 43.3 Å². The largest absolute Gasteiger partial charge is 1.00 e. The molecule has 0 saturated carbocycles. The van der Waals surface area contributed by atoms with Crippen LogP contribution in [-0.2, 0) is 19.8 Å². The maximum atomic E-state index is 12.1. The van der Waals surface area contributed by atoms with Gasteiger partial charge in [0.15, 0.2) is 5.78 Å². The Labute approximate surface area is 143 Å². The number of rotatable bonds is 5. The summed E-state index contributed by atoms with van der Waals surface area (Å²) in [5.74, 6) is -0.0234. The second-order valence-electron chi connectivity index (χ2n) is 3.82. The fraction of sp³-hybridized carbons (Fsp3) is 0.250. The second-order valence-corrected chi connectivity index (χ2v) is 5.35. The number of nitrogens with zero attached hydrogens (tertiary/aromatic N) is 1. The summed E-state index contributed by atoms with van der Waals surface area (Å²) in [7, 11) is 10.5. The van der Waals surface area contributed by atoms with Crippen molar-refractivity contribution in [3.63, 3.8) is 0 Å². The number of carbonyl (C=O) groups is 1. The number of ether oxygens (including phenoxy) is 1. The van der Waals surface area contributed by atoms with Gasteiger partial charge in [-0.2, -0.15) is 5.26 Å². The molecule has 0 aromatic heterocycles. The van der Waals surface area contributed by atoms with Crippen molar-refractivity contribution < 1.29 is 29.3 Å². The average molecular weight is 479 g/mol. The molecule has 0 aliphatic heterocycles. The van der Waals surface area contributed by atoms with Crippen molar-refractivity contribution in [3.8, 4) is 11.2 Å². The van der Waals surface area contributed by atoms with Crippen LogP contribution in [-0.4, -0.2) is 26.7 Å². The van der Waals surface area contributed by atoms with Gasteiger partial charge in [0.05, 0.1) is 16.0 Å². The number of thiocyanates is 1. The van der Waals surface area contributed by atoms with Gasteiger partial charge in [-0.3, -0.25) is 4.79 Å². The summed E-state index contributed by atoms with van der Waals surface area (Å²) in [6.07, 6.45) is 0. The summed E-state index contributed by atoms with van der Waals surface area (Å²) in [4.78, 5) is 12.1. The summed E-state index contributed by atoms with van der Waals surface area (Å²) in [6.45, 7) is 3.39. The van der Waals surface area contributed by atoms with Crippen LogP contribution in [0.2, 0.25) is 5.02 Å². The van der Waals surface area contributed by atoms with Gasteiger partial charge in [0.25, 0.3) is 0 Å². The SMILES string of the molecule is [B][C-]([B])Oc1cc(Cl)c(C(=O)C(C)SC#N)cc1C.[Os+]. The molecule has 0 aliphatic rings. The zero-order valence-electron chi connectivity index (χ0n) is 10.8. The first-order chi connectivity index (χ1) is 8.86. The summed E-state index contributed by atoms with van der Waals surface area (Å²) >= 11 is 6.93. The Morgan fingerprint density at radius 1 is 1.55 bits per heavy atom. The Kier molecular flexibility index (Phi) is 8.60. The summed E-state index contributed by atoms with van der Waals surface area (Å²) in [5.41, 5.74) is 1.02. The first-order valence-corrected chi connectivity index (χ1v) is 6.57. The van der Waals surface area contributed by atoms with E-state index in [1.807, 2.05) is 5.40 Å². The van der Waals surface area contributed by atoms with E-state index in [1.165, 1.54) is 6.07 Å². The molecule has 0 N–H and O–H groups in total. The number of thioether (sulfide) groups is 1. The third kappa shape index (κ3) is 5.17. The molecule has 1 unspecified atom stereocenters. The molecule has 0 aliphatic carbocycles. The van der Waals surface area contributed by atoms with Crippen LogP contribution in [0, 0.1) is 23.5 Å². The van der Waals surface area contributed by atoms with Gasteiger partial charge in [-0.25, -0.2) is 5.90 Å². The minimum atomic E-state index is -0.486. The predicted octanol–water partition coefficient (Wildman–Crippen LogP) is 2.59. The number of Topliss-reactive ketones (excluding diaryl/α,β-unsaturated/α-hetero) is 1. The fourth-order valence-corrected chi connectivity index (χ4v) is 2.08. The van der Waals surface area contributed by atoms with E-state index in [0.717, 1.165) is 11.8 Å². The normalized spacial score (nSPS) is 11.3. The molecule has 0 heterocycles. The topological polar surface area (TPSA) is 50.1 Å². The van der Waals surface area contributed by atoms with Gasteiger partial charge >= 0.3 is 19.8 Å². The molecule has 1 aromatic carbocycles. The summed E-state index contributed by atoms with van der Waals surface area (Å²) < 4.78 is 5.09. The molecule has 8 heteroatoms. The molecular formula is C12H9B2ClNO2OsS. The van der Waals surface area contributed by atoms with Crippen LogP contribution in [0.5, 0.6) is 5.75 Å². The van der Waals surface area contributed by atoms with E-state index >= 15 is 0 Å². The molecule has 0 fully saturated rings. The number of hydrogen-bond donors (Lipinski definition) is 0. The monoisotopic (exact) mass is 480 g/mol. The maximum absolute atomic E-state index is 12.1. The smallest absolute Gasteiger partial charge is 0.673 e. The van der Waals surface area contributed by atoms with Gasteiger partial charge in [0.1, 0.15) is 5.40 Å². The Morgan fingerprint density at radius 3 is 2.65 bits per heavy atom. The molecule has 5 radical (unpaired) electrons. The number of ketones is 1. The number of hydrogen-bond acceptors (Lipinski definition) is 4. The van der Waals surface area contributed by atoms with Crippen molar-refractivity contribution in [2.75, 3.05) is 0 Å². The third-order valence-electron chi connectivity index (χ3n) is 2.36. The Bertz CT molecular complexity index is 537. The van der Waals surface area contributed by atoms with E-state index in [-0.39, 0.29) is 36.5 Å². The Hall–Kier alpha value is -0.414. The number of carbonyl (C=O) groups excluding carboxylic acids is 1. The first-order valence-electron chi connectivity index (χ1n) is 5.31. The summed E-state index contributed by atoms with van der Waals surface area (Å²) in [6, 6.07) is 3.07. The number of aryl methyl sites for hydroxylation is 1. The minimum absolute atomic E-state index is 0. The Balaban J connectivity index is 0.00000361. The molecule has 0 amide bonds. The van der Waals surface area contributed by atoms with E-state index in [2.05, 4.69) is 0 Å². The van der Waals surface area contributed by atoms with E-state index in [1.54, 1.807) is 19.9 Å². The summed E-state index contributed by atoms with van der Waals surface area (Å²) in [5, 5.41) is 10.2. The van der Waals surface area contributed by atoms with Crippen molar-refractivity contribution in [1.29, 1.82) is 5.26 Å². The molecule has 1 atom stereocenters. The van der Waals surface area contributed by atoms with Crippen LogP contribution >= 0.6 is 23.4 Å². The van der Waals surface area contributed by atoms with Gasteiger partial charge in [-0.15, -0.1) is 15.7 Å². The van der Waals surface area contributed by atoms with Gasteiger partial charge < -0.3 is 4.74 Å². The molecule has 1 rings (SSSR count). The zero-order valence-corrected chi connectivity index (χ0v) is 14.9. The fourth-order valence-electron chi connectivity index (χ4n) is 1.44. The van der Waals surface area contributed by atoms with Gasteiger partial charge in [0.2, 0.25) is 0 Å². The van der Waals surface area contributed by atoms with Gasteiger partial charge in [-0.1, -0.05) is 11.6 Å². The van der Waals surface area contributed by atoms with Crippen LogP contribution in [0.25, 0.3) is 0 Å². The third-order valence-corrected chi connectivity index (χ3v) is 3.34. The molecule has 1 aromatic rings. The van der Waals surface area contributed by atoms with Crippen molar-refractivity contribution in [2.45, 2.75) is 19.1 Å². The van der Waals surface area contributed by atoms with E-state index in [4.69, 9.17) is 37.3 Å². The van der Waals surface area contributed by atoms with Crippen LogP contribution in [0.1, 0.15) is 22.8 Å². The number of nitriles is 1. The first kappa shape index (κ1) is 19.6. The van der Waals surface area contributed by atoms with Crippen molar-refractivity contribution in [3.05, 3.63) is 34.2 Å². The molecule has 0 saturated heterocycles. The second kappa shape index (κ2) is 8.78. The standard InChI is InChI=1S/C12H9B2ClNO2S.Os/c1-6-3-8(11(17)7(2)19-5-16)9(15)4-10(6)18-12(13)14;/h3-4,7H,1-2H3;/q-1;+1. The average Bonchev–Trinajstić information content (AvgIpc) is 2.32. The van der Waals surface area contributed by atoms with Crippen molar-refractivity contribution in [1.82, 2.24) is 0 Å². The van der Waals surface area contributed by atoms with Crippen molar-refractivity contribution in [2.24, 2.45) is 0 Å². The van der Waals surface area contributed by atoms with Crippen LogP contribution in [0.15, 0.2) is 12.1 Å². The quantitative estimate of drug-likeness (QED) is 0.283. The number of benzene rings is 1. The molecule has 3 nitrogen and oxygen atoms in total. The minimum Gasteiger partial charge on any atom is -0.673 e. The van der Waals surface area contributed by atoms with E-state index < -0.39 is 5.25 Å². The molecule has 101 valence electrons. The van der Waals surface area contributed by atoms with Crippen molar-refractivity contribution >= 4 is 44.8 Å². The Morgan fingerprint density at radius 2 is 2.15 bits per heavy atom. The molecular weight excluding hydrogens is 470 g/mol. The zero-order chi connectivity index (χ0) is 14.6. The van der Waals surface area contributed by atoms with E-state index in [0.29, 0.717) is 16.9 Å². The van der Waals surface area contributed by atoms with Gasteiger partial charge in [0, 0.05) is 5.56 Å². The molecule has 0 spiro atoms. The van der Waals surface area contributed by atoms with E-state index in [9.17, 15) is 4.79 Å². The molecule has 20 heavy (non-hydrogen) atoms. The number of halogens is 1. The maximum Gasteiger partial charge on any atom is 1.00 e. The van der Waals surface area contributed by atoms with Crippen LogP contribution in [0.4, 0.5) is 0 Å². The van der Waals surface area contributed by atoms with Crippen LogP contribution < -0.4 is 4.74 Å². The predicted molar refractivity (Wildman–Crippen MR) is 78.6 cm³/mol.